The van der Waals surface area contributed by atoms with Crippen molar-refractivity contribution in [3.05, 3.63) is 53.9 Å². The summed E-state index contributed by atoms with van der Waals surface area (Å²) in [4.78, 5) is 0. The summed E-state index contributed by atoms with van der Waals surface area (Å²) < 4.78 is 7.40. The Morgan fingerprint density at radius 3 is 2.64 bits per heavy atom. The van der Waals surface area contributed by atoms with E-state index in [0.29, 0.717) is 0 Å². The summed E-state index contributed by atoms with van der Waals surface area (Å²) >= 11 is 1.97. The van der Waals surface area contributed by atoms with E-state index in [1.54, 1.807) is 5.56 Å². The molecule has 3 heterocycles. The maximum absolute atomic E-state index is 2.50. The zero-order chi connectivity index (χ0) is 19.0. The molecular weight excluding hydrogens is 360 g/mol. The minimum Gasteiger partial charge on any atom is -0.350 e. The van der Waals surface area contributed by atoms with Crippen molar-refractivity contribution >= 4 is 53.3 Å². The number of nitrogens with zero attached hydrogens (tertiary/aromatic N) is 2. The number of fused-ring (bicyclic) bond motifs is 3. The van der Waals surface area contributed by atoms with E-state index in [2.05, 4.69) is 72.9 Å². The predicted molar refractivity (Wildman–Crippen MR) is 120 cm³/mol. The highest BCUT2D eigenvalue weighted by Gasteiger charge is 2.21. The van der Waals surface area contributed by atoms with Gasteiger partial charge >= 0.3 is 0 Å². The van der Waals surface area contributed by atoms with Gasteiger partial charge in [0.25, 0.3) is 0 Å². The van der Waals surface area contributed by atoms with Crippen LogP contribution >= 0.6 is 11.3 Å². The van der Waals surface area contributed by atoms with Crippen molar-refractivity contribution in [1.29, 1.82) is 0 Å². The number of benzene rings is 2. The van der Waals surface area contributed by atoms with Gasteiger partial charge in [-0.05, 0) is 54.3 Å². The van der Waals surface area contributed by atoms with Crippen LogP contribution in [-0.2, 0) is 14.1 Å². The molecule has 0 atom stereocenters. The van der Waals surface area contributed by atoms with Crippen molar-refractivity contribution in [2.75, 3.05) is 0 Å². The van der Waals surface area contributed by atoms with E-state index in [4.69, 9.17) is 0 Å². The predicted octanol–water partition coefficient (Wildman–Crippen LogP) is 6.49. The second kappa shape index (κ2) is 5.81. The lowest BCUT2D eigenvalue weighted by molar-refractivity contribution is -0.642. The molecule has 3 aromatic heterocycles. The van der Waals surface area contributed by atoms with Crippen molar-refractivity contribution in [2.45, 2.75) is 38.5 Å². The maximum atomic E-state index is 2.50. The molecule has 6 rings (SSSR count). The molecule has 2 nitrogen and oxygen atoms in total. The molecule has 0 saturated heterocycles. The highest BCUT2D eigenvalue weighted by molar-refractivity contribution is 7.25. The minimum absolute atomic E-state index is 0.747. The van der Waals surface area contributed by atoms with Crippen LogP contribution in [0.2, 0.25) is 0 Å². The van der Waals surface area contributed by atoms with Gasteiger partial charge in [0.2, 0.25) is 5.52 Å². The van der Waals surface area contributed by atoms with Crippen LogP contribution in [0.4, 0.5) is 0 Å². The Hall–Kier alpha value is -2.39. The van der Waals surface area contributed by atoms with Crippen molar-refractivity contribution in [3.63, 3.8) is 0 Å². The van der Waals surface area contributed by atoms with Crippen LogP contribution in [0.3, 0.4) is 0 Å². The maximum Gasteiger partial charge on any atom is 0.214 e. The average molecular weight is 386 g/mol. The highest BCUT2D eigenvalue weighted by Crippen LogP contribution is 2.43. The van der Waals surface area contributed by atoms with Gasteiger partial charge in [-0.25, -0.2) is 4.57 Å². The van der Waals surface area contributed by atoms with Gasteiger partial charge in [-0.2, -0.15) is 0 Å². The second-order valence-electron chi connectivity index (χ2n) is 8.58. The van der Waals surface area contributed by atoms with Crippen molar-refractivity contribution in [1.82, 2.24) is 4.57 Å². The van der Waals surface area contributed by atoms with E-state index in [9.17, 15) is 0 Å². The van der Waals surface area contributed by atoms with E-state index in [1.165, 1.54) is 73.2 Å². The lowest BCUT2D eigenvalue weighted by Crippen LogP contribution is -2.24. The third kappa shape index (κ3) is 2.17. The van der Waals surface area contributed by atoms with Crippen LogP contribution in [0.5, 0.6) is 0 Å². The molecule has 0 unspecified atom stereocenters. The molecule has 1 aliphatic rings. The van der Waals surface area contributed by atoms with Gasteiger partial charge in [0.05, 0.1) is 10.9 Å². The van der Waals surface area contributed by atoms with E-state index in [-0.39, 0.29) is 0 Å². The minimum atomic E-state index is 0.747. The zero-order valence-electron chi connectivity index (χ0n) is 16.7. The summed E-state index contributed by atoms with van der Waals surface area (Å²) in [5, 5.41) is 5.61. The molecule has 0 bridgehead atoms. The summed E-state index contributed by atoms with van der Waals surface area (Å²) in [6, 6.07) is 11.9. The van der Waals surface area contributed by atoms with Gasteiger partial charge in [0.15, 0.2) is 6.20 Å². The molecule has 3 heteroatoms. The fourth-order valence-electron chi connectivity index (χ4n) is 5.41. The molecule has 0 N–H and O–H groups in total. The number of rotatable bonds is 1. The third-order valence-electron chi connectivity index (χ3n) is 6.92. The Morgan fingerprint density at radius 1 is 1.04 bits per heavy atom. The summed E-state index contributed by atoms with van der Waals surface area (Å²) in [5.41, 5.74) is 5.65. The van der Waals surface area contributed by atoms with Gasteiger partial charge in [-0.1, -0.05) is 18.9 Å². The van der Waals surface area contributed by atoms with E-state index >= 15 is 0 Å². The average Bonchev–Trinajstić information content (AvgIpc) is 3.35. The fourth-order valence-corrected chi connectivity index (χ4v) is 6.68. The number of aromatic nitrogens is 2. The van der Waals surface area contributed by atoms with E-state index in [1.807, 2.05) is 11.3 Å². The number of pyridine rings is 1. The zero-order valence-corrected chi connectivity index (χ0v) is 17.6. The van der Waals surface area contributed by atoms with E-state index < -0.39 is 0 Å². The van der Waals surface area contributed by atoms with Crippen LogP contribution in [-0.4, -0.2) is 4.57 Å². The molecule has 0 aliphatic heterocycles. The Kier molecular flexibility index (Phi) is 3.43. The van der Waals surface area contributed by atoms with Crippen LogP contribution in [0.1, 0.15) is 42.7 Å². The smallest absolute Gasteiger partial charge is 0.214 e. The molecule has 5 aromatic rings. The molecule has 0 amide bonds. The number of hydrogen-bond acceptors (Lipinski definition) is 1. The van der Waals surface area contributed by atoms with Crippen molar-refractivity contribution in [3.8, 4) is 0 Å². The first kappa shape index (κ1) is 16.6. The molecule has 1 saturated carbocycles. The molecule has 1 fully saturated rings. The highest BCUT2D eigenvalue weighted by atomic mass is 32.1. The van der Waals surface area contributed by atoms with Crippen LogP contribution in [0.15, 0.2) is 42.7 Å². The molecule has 2 aromatic carbocycles. The SMILES string of the molecule is Cc1c2cc[n+](C)c2cc2sc3cc(C4CCCC4)cc4ccn(C)c(c12)c43. The fraction of sp³-hybridized carbons (Fsp3) is 0.320. The summed E-state index contributed by atoms with van der Waals surface area (Å²) in [6.45, 7) is 2.29. The van der Waals surface area contributed by atoms with Gasteiger partial charge < -0.3 is 4.57 Å². The molecule has 28 heavy (non-hydrogen) atoms. The van der Waals surface area contributed by atoms with Crippen molar-refractivity contribution < 1.29 is 4.57 Å². The molecule has 1 aliphatic carbocycles. The Labute approximate surface area is 169 Å². The normalized spacial score (nSPS) is 15.7. The number of aryl methyl sites for hydroxylation is 3. The van der Waals surface area contributed by atoms with Gasteiger partial charge in [-0.3, -0.25) is 0 Å². The second-order valence-corrected chi connectivity index (χ2v) is 9.66. The molecule has 0 spiro atoms. The van der Waals surface area contributed by atoms with Crippen LogP contribution < -0.4 is 4.57 Å². The third-order valence-corrected chi connectivity index (χ3v) is 8.00. The standard InChI is InChI=1S/C25H25N2S/c1-15-19-9-11-26(2)20(19)14-22-23(15)25-24-17(8-10-27(25)3)12-18(13-21(24)28-22)16-6-4-5-7-16/h8-14,16H,4-7H2,1-3H3/q+1. The number of hydrogen-bond donors (Lipinski definition) is 0. The van der Waals surface area contributed by atoms with Gasteiger partial charge in [-0.15, -0.1) is 11.3 Å². The summed E-state index contributed by atoms with van der Waals surface area (Å²) in [5.74, 6) is 0.747. The quantitative estimate of drug-likeness (QED) is 0.177. The molecule has 140 valence electrons. The van der Waals surface area contributed by atoms with Gasteiger partial charge in [0, 0.05) is 45.5 Å². The summed E-state index contributed by atoms with van der Waals surface area (Å²) in [6.07, 6.45) is 9.89. The Bertz CT molecular complexity index is 1400. The van der Waals surface area contributed by atoms with Gasteiger partial charge in [0.1, 0.15) is 7.05 Å². The first-order chi connectivity index (χ1) is 13.6. The first-order valence-electron chi connectivity index (χ1n) is 10.3. The summed E-state index contributed by atoms with van der Waals surface area (Å²) in [7, 11) is 4.34. The monoisotopic (exact) mass is 385 g/mol. The van der Waals surface area contributed by atoms with Crippen molar-refractivity contribution in [2.24, 2.45) is 14.1 Å². The van der Waals surface area contributed by atoms with Crippen LogP contribution in [0, 0.1) is 6.92 Å². The largest absolute Gasteiger partial charge is 0.350 e. The first-order valence-corrected chi connectivity index (χ1v) is 11.2. The topological polar surface area (TPSA) is 8.81 Å². The lowest BCUT2D eigenvalue weighted by Gasteiger charge is -2.17. The molecular formula is C25H25N2S+. The molecule has 0 radical (unpaired) electrons. The van der Waals surface area contributed by atoms with E-state index in [0.717, 1.165) is 5.92 Å². The Balaban J connectivity index is 1.81. The lowest BCUT2D eigenvalue weighted by atomic mass is 9.94. The Morgan fingerprint density at radius 2 is 1.82 bits per heavy atom. The van der Waals surface area contributed by atoms with Crippen LogP contribution in [0.25, 0.3) is 42.0 Å².